The number of carbonyl (C=O) groups is 3. The van der Waals surface area contributed by atoms with Gasteiger partial charge in [0.05, 0.1) is 19.8 Å². The third kappa shape index (κ3) is 8.43. The highest BCUT2D eigenvalue weighted by atomic mass is 16.5. The van der Waals surface area contributed by atoms with Crippen LogP contribution in [-0.4, -0.2) is 69.1 Å². The van der Waals surface area contributed by atoms with Gasteiger partial charge in [-0.05, 0) is 79.3 Å². The molecule has 1 saturated heterocycles. The Balaban J connectivity index is 1.34. The number of urea groups is 1. The van der Waals surface area contributed by atoms with Gasteiger partial charge in [-0.2, -0.15) is 0 Å². The van der Waals surface area contributed by atoms with Crippen molar-refractivity contribution in [2.24, 2.45) is 5.92 Å². The molecule has 0 unspecified atom stereocenters. The zero-order valence-corrected chi connectivity index (χ0v) is 28.1. The van der Waals surface area contributed by atoms with Crippen LogP contribution in [0.15, 0.2) is 90.8 Å². The van der Waals surface area contributed by atoms with Crippen LogP contribution in [0.4, 0.5) is 22.0 Å². The molecule has 0 bridgehead atoms. The second kappa shape index (κ2) is 15.9. The number of methoxy groups -OCH3 is 2. The summed E-state index contributed by atoms with van der Waals surface area (Å²) < 4.78 is 16.3. The first-order valence-electron chi connectivity index (χ1n) is 16.0. The van der Waals surface area contributed by atoms with E-state index in [1.54, 1.807) is 39.6 Å². The summed E-state index contributed by atoms with van der Waals surface area (Å²) >= 11 is 0. The molecule has 3 amide bonds. The van der Waals surface area contributed by atoms with E-state index in [1.165, 1.54) is 16.0 Å². The number of nitrogens with one attached hydrogen (secondary N) is 1. The summed E-state index contributed by atoms with van der Waals surface area (Å²) in [6.45, 7) is 3.52. The summed E-state index contributed by atoms with van der Waals surface area (Å²) in [5.74, 6) is 1.08. The van der Waals surface area contributed by atoms with E-state index in [-0.39, 0.29) is 17.5 Å². The summed E-state index contributed by atoms with van der Waals surface area (Å²) in [6, 6.07) is 21.8. The van der Waals surface area contributed by atoms with Crippen molar-refractivity contribution in [2.75, 3.05) is 57.0 Å². The Hall–Kier alpha value is -5.68. The smallest absolute Gasteiger partial charge is 0.328 e. The van der Waals surface area contributed by atoms with Crippen LogP contribution in [0.3, 0.4) is 0 Å². The van der Waals surface area contributed by atoms with Crippen LogP contribution in [0.1, 0.15) is 18.4 Å². The first-order valence-corrected chi connectivity index (χ1v) is 16.0. The minimum absolute atomic E-state index is 0.163. The lowest BCUT2D eigenvalue weighted by atomic mass is 10.00. The maximum Gasteiger partial charge on any atom is 0.328 e. The van der Waals surface area contributed by atoms with Crippen LogP contribution in [0.25, 0.3) is 22.3 Å². The average molecular weight is 664 g/mol. The molecule has 1 aliphatic heterocycles. The Bertz CT molecular complexity index is 1820. The summed E-state index contributed by atoms with van der Waals surface area (Å²) in [5.41, 5.74) is 11.5. The van der Waals surface area contributed by atoms with Crippen LogP contribution in [0.2, 0.25) is 0 Å². The van der Waals surface area contributed by atoms with Crippen LogP contribution >= 0.6 is 0 Å². The van der Waals surface area contributed by atoms with E-state index in [4.69, 9.17) is 19.9 Å². The molecule has 0 spiro atoms. The monoisotopic (exact) mass is 663 g/mol. The number of nitrogens with two attached hydrogens (primary N) is 1. The molecule has 11 nitrogen and oxygen atoms in total. The van der Waals surface area contributed by atoms with E-state index in [0.717, 1.165) is 35.1 Å². The topological polar surface area (TPSA) is 136 Å². The number of aromatic nitrogens is 1. The normalized spacial score (nSPS) is 13.3. The molecule has 5 rings (SSSR count). The Morgan fingerprint density at radius 1 is 0.939 bits per heavy atom. The third-order valence-corrected chi connectivity index (χ3v) is 8.52. The second-order valence-corrected chi connectivity index (χ2v) is 11.8. The largest absolute Gasteiger partial charge is 0.493 e. The summed E-state index contributed by atoms with van der Waals surface area (Å²) in [6.07, 6.45) is 5.05. The molecule has 11 heteroatoms. The zero-order chi connectivity index (χ0) is 34.9. The molecule has 0 saturated carbocycles. The molecule has 2 heterocycles. The highest BCUT2D eigenvalue weighted by Gasteiger charge is 2.25. The first kappa shape index (κ1) is 34.6. The van der Waals surface area contributed by atoms with E-state index in [0.29, 0.717) is 60.3 Å². The standard InChI is InChI=1S/C38H41N5O6/c1-25-5-12-32(13-6-25)42(2)38(46)43(22-26-15-17-49-18-16-26)23-30(24-44)37(45)41-31-10-7-27(8-11-31)33-19-29(21-40-36(33)39)28-9-14-34(47-3)35(20-28)48-4/h5-14,19-21,23-24,26H,15-18,22H2,1-4H3,(H2,39,40)(H,41,45)/b30-23+. The van der Waals surface area contributed by atoms with E-state index in [1.807, 2.05) is 67.6 Å². The SMILES string of the molecule is COc1ccc(-c2cnc(N)c(-c3ccc(NC(=O)/C(C=O)=C/N(CC4CCOCC4)C(=O)N(C)c4ccc(C)cc4)cc3)c2)cc1OC. The molecule has 1 fully saturated rings. The van der Waals surface area contributed by atoms with E-state index in [2.05, 4.69) is 10.3 Å². The lowest BCUT2D eigenvalue weighted by molar-refractivity contribution is -0.115. The van der Waals surface area contributed by atoms with E-state index in [9.17, 15) is 14.4 Å². The van der Waals surface area contributed by atoms with E-state index < -0.39 is 5.91 Å². The summed E-state index contributed by atoms with van der Waals surface area (Å²) in [5, 5.41) is 2.78. The van der Waals surface area contributed by atoms with Gasteiger partial charge in [0.2, 0.25) is 0 Å². The Morgan fingerprint density at radius 3 is 2.27 bits per heavy atom. The second-order valence-electron chi connectivity index (χ2n) is 11.8. The van der Waals surface area contributed by atoms with Crippen molar-refractivity contribution >= 4 is 35.4 Å². The molecular formula is C38H41N5O6. The van der Waals surface area contributed by atoms with Crippen molar-refractivity contribution in [2.45, 2.75) is 19.8 Å². The molecule has 0 aliphatic carbocycles. The van der Waals surface area contributed by atoms with Crippen molar-refractivity contribution in [3.8, 4) is 33.8 Å². The number of hydrogen-bond acceptors (Lipinski definition) is 8. The zero-order valence-electron chi connectivity index (χ0n) is 28.1. The van der Waals surface area contributed by atoms with Crippen molar-refractivity contribution in [1.82, 2.24) is 9.88 Å². The lowest BCUT2D eigenvalue weighted by Crippen LogP contribution is -2.42. The van der Waals surface area contributed by atoms with Crippen molar-refractivity contribution in [3.63, 3.8) is 0 Å². The Morgan fingerprint density at radius 2 is 1.61 bits per heavy atom. The summed E-state index contributed by atoms with van der Waals surface area (Å²) in [7, 11) is 4.83. The Labute approximate surface area is 286 Å². The van der Waals surface area contributed by atoms with Crippen molar-refractivity contribution < 1.29 is 28.6 Å². The third-order valence-electron chi connectivity index (χ3n) is 8.52. The Kier molecular flexibility index (Phi) is 11.3. The number of benzene rings is 3. The lowest BCUT2D eigenvalue weighted by Gasteiger charge is -2.31. The van der Waals surface area contributed by atoms with Gasteiger partial charge in [-0.1, -0.05) is 35.9 Å². The number of pyridine rings is 1. The number of nitrogens with zero attached hydrogens (tertiary/aromatic N) is 3. The molecule has 3 aromatic carbocycles. The van der Waals surface area contributed by atoms with Crippen LogP contribution in [0.5, 0.6) is 11.5 Å². The fourth-order valence-corrected chi connectivity index (χ4v) is 5.59. The van der Waals surface area contributed by atoms with Gasteiger partial charge in [0.25, 0.3) is 5.91 Å². The predicted octanol–water partition coefficient (Wildman–Crippen LogP) is 6.33. The van der Waals surface area contributed by atoms with Crippen molar-refractivity contribution in [3.05, 3.63) is 96.3 Å². The molecule has 4 aromatic rings. The number of anilines is 3. The number of aldehydes is 1. The number of carbonyl (C=O) groups excluding carboxylic acids is 3. The molecule has 1 aliphatic rings. The number of nitrogen functional groups attached to an aromatic ring is 1. The molecular weight excluding hydrogens is 622 g/mol. The van der Waals surface area contributed by atoms with Gasteiger partial charge < -0.3 is 25.3 Å². The quantitative estimate of drug-likeness (QED) is 0.0823. The molecule has 3 N–H and O–H groups in total. The van der Waals surface area contributed by atoms with Gasteiger partial charge >= 0.3 is 6.03 Å². The fraction of sp³-hybridized carbons (Fsp3) is 0.263. The van der Waals surface area contributed by atoms with Crippen LogP contribution in [0, 0.1) is 12.8 Å². The van der Waals surface area contributed by atoms with Gasteiger partial charge in [0, 0.05) is 61.7 Å². The van der Waals surface area contributed by atoms with Crippen LogP contribution in [-0.2, 0) is 14.3 Å². The van der Waals surface area contributed by atoms with Crippen molar-refractivity contribution in [1.29, 1.82) is 0 Å². The highest BCUT2D eigenvalue weighted by Crippen LogP contribution is 2.35. The highest BCUT2D eigenvalue weighted by molar-refractivity contribution is 6.16. The van der Waals surface area contributed by atoms with Crippen LogP contribution < -0.4 is 25.4 Å². The van der Waals surface area contributed by atoms with Gasteiger partial charge in [0.1, 0.15) is 5.82 Å². The van der Waals surface area contributed by atoms with Gasteiger partial charge in [0.15, 0.2) is 17.8 Å². The van der Waals surface area contributed by atoms with E-state index >= 15 is 0 Å². The number of ether oxygens (including phenoxy) is 3. The maximum atomic E-state index is 13.7. The maximum absolute atomic E-state index is 13.7. The van der Waals surface area contributed by atoms with Gasteiger partial charge in [-0.3, -0.25) is 19.4 Å². The minimum atomic E-state index is -0.637. The molecule has 1 aromatic heterocycles. The molecule has 0 atom stereocenters. The summed E-state index contributed by atoms with van der Waals surface area (Å²) in [4.78, 5) is 46.6. The van der Waals surface area contributed by atoms with Gasteiger partial charge in [-0.15, -0.1) is 0 Å². The minimum Gasteiger partial charge on any atom is -0.493 e. The van der Waals surface area contributed by atoms with Gasteiger partial charge in [-0.25, -0.2) is 9.78 Å². The first-order chi connectivity index (χ1) is 23.7. The molecule has 0 radical (unpaired) electrons. The molecule has 49 heavy (non-hydrogen) atoms. The number of hydrogen-bond donors (Lipinski definition) is 2. The number of amides is 3. The molecule has 254 valence electrons. The average Bonchev–Trinajstić information content (AvgIpc) is 3.13. The fourth-order valence-electron chi connectivity index (χ4n) is 5.59. The number of rotatable bonds is 11. The number of aryl methyl sites for hydroxylation is 1. The predicted molar refractivity (Wildman–Crippen MR) is 191 cm³/mol.